The first-order chi connectivity index (χ1) is 25.0. The van der Waals surface area contributed by atoms with Crippen LogP contribution in [0.2, 0.25) is 0 Å². The summed E-state index contributed by atoms with van der Waals surface area (Å²) in [7, 11) is 0. The Bertz CT molecular complexity index is 2400. The summed E-state index contributed by atoms with van der Waals surface area (Å²) < 4.78 is 0. The van der Waals surface area contributed by atoms with Crippen LogP contribution in [0, 0.1) is 0 Å². The minimum atomic E-state index is -0.0615. The van der Waals surface area contributed by atoms with Crippen molar-refractivity contribution in [1.82, 2.24) is 4.98 Å². The van der Waals surface area contributed by atoms with Gasteiger partial charge in [-0.25, -0.2) is 0 Å². The van der Waals surface area contributed by atoms with E-state index < -0.39 is 0 Å². The smallest absolute Gasteiger partial charge is 0.0702 e. The van der Waals surface area contributed by atoms with Crippen LogP contribution < -0.4 is 0 Å². The highest BCUT2D eigenvalue weighted by Crippen LogP contribution is 2.35. The Kier molecular flexibility index (Phi) is 8.70. The molecule has 1 nitrogen and oxygen atoms in total. The van der Waals surface area contributed by atoms with Crippen molar-refractivity contribution < 1.29 is 0 Å². The molecule has 0 aliphatic rings. The van der Waals surface area contributed by atoms with Gasteiger partial charge in [0.05, 0.1) is 5.69 Å². The van der Waals surface area contributed by atoms with Crippen molar-refractivity contribution in [3.63, 3.8) is 0 Å². The molecule has 8 aromatic rings. The quantitative estimate of drug-likeness (QED) is 0.159. The van der Waals surface area contributed by atoms with E-state index in [-0.39, 0.29) is 5.41 Å². The Balaban J connectivity index is 1.01. The van der Waals surface area contributed by atoms with Gasteiger partial charge in [0.25, 0.3) is 0 Å². The monoisotopic (exact) mass is 653 g/mol. The number of aromatic nitrogens is 1. The third-order valence-electron chi connectivity index (χ3n) is 10.1. The molecule has 0 saturated heterocycles. The number of nitrogens with zero attached hydrogens (tertiary/aromatic N) is 1. The van der Waals surface area contributed by atoms with E-state index in [0.29, 0.717) is 0 Å². The zero-order valence-electron chi connectivity index (χ0n) is 29.0. The normalized spacial score (nSPS) is 11.3. The molecular formula is C50H39N. The number of pyridine rings is 1. The van der Waals surface area contributed by atoms with Gasteiger partial charge in [0.2, 0.25) is 0 Å². The van der Waals surface area contributed by atoms with Crippen LogP contribution in [-0.2, 0) is 5.41 Å². The molecule has 1 heteroatoms. The van der Waals surface area contributed by atoms with E-state index in [4.69, 9.17) is 4.98 Å². The van der Waals surface area contributed by atoms with Crippen molar-refractivity contribution in [1.29, 1.82) is 0 Å². The van der Waals surface area contributed by atoms with Crippen LogP contribution in [0.25, 0.3) is 66.9 Å². The highest BCUT2D eigenvalue weighted by molar-refractivity contribution is 5.79. The summed E-state index contributed by atoms with van der Waals surface area (Å²) in [5.74, 6) is 0. The molecule has 0 bridgehead atoms. The van der Waals surface area contributed by atoms with Crippen LogP contribution in [0.1, 0.15) is 25.0 Å². The predicted octanol–water partition coefficient (Wildman–Crippen LogP) is 13.4. The summed E-state index contributed by atoms with van der Waals surface area (Å²) in [5.41, 5.74) is 16.5. The molecule has 0 aliphatic carbocycles. The lowest BCUT2D eigenvalue weighted by atomic mass is 9.78. The molecule has 0 aliphatic heterocycles. The Morgan fingerprint density at radius 3 is 1.14 bits per heavy atom. The molecule has 0 N–H and O–H groups in total. The molecule has 7 aromatic carbocycles. The maximum absolute atomic E-state index is 4.93. The molecule has 0 radical (unpaired) electrons. The summed E-state index contributed by atoms with van der Waals surface area (Å²) in [6, 6.07) is 69.6. The average Bonchev–Trinajstić information content (AvgIpc) is 3.22. The molecule has 0 atom stereocenters. The van der Waals surface area contributed by atoms with Gasteiger partial charge in [-0.15, -0.1) is 0 Å². The van der Waals surface area contributed by atoms with Crippen molar-refractivity contribution in [2.45, 2.75) is 19.3 Å². The summed E-state index contributed by atoms with van der Waals surface area (Å²) >= 11 is 0. The second kappa shape index (κ2) is 13.9. The molecule has 1 heterocycles. The molecule has 0 fully saturated rings. The summed E-state index contributed by atoms with van der Waals surface area (Å²) in [6.45, 7) is 4.57. The first kappa shape index (κ1) is 31.9. The van der Waals surface area contributed by atoms with Gasteiger partial charge in [-0.1, -0.05) is 178 Å². The second-order valence-corrected chi connectivity index (χ2v) is 13.7. The molecule has 244 valence electrons. The zero-order chi connectivity index (χ0) is 34.6. The zero-order valence-corrected chi connectivity index (χ0v) is 29.0. The topological polar surface area (TPSA) is 12.9 Å². The molecule has 0 unspecified atom stereocenters. The van der Waals surface area contributed by atoms with Gasteiger partial charge in [-0.2, -0.15) is 0 Å². The van der Waals surface area contributed by atoms with E-state index in [0.717, 1.165) is 22.4 Å². The van der Waals surface area contributed by atoms with E-state index in [9.17, 15) is 0 Å². The maximum Gasteiger partial charge on any atom is 0.0702 e. The lowest BCUT2D eigenvalue weighted by Gasteiger charge is -2.26. The SMILES string of the molecule is CC(C)(c1ccccc1)c1ccc(-c2cccc(-c3ccc(-c4cccc(-c5cccc(-c6cccc(-c7ccccc7)c6)c5)c4)nc3)c2)cc1. The fraction of sp³-hybridized carbons (Fsp3) is 0.0600. The number of hydrogen-bond acceptors (Lipinski definition) is 1. The molecule has 1 aromatic heterocycles. The molecular weight excluding hydrogens is 615 g/mol. The first-order valence-electron chi connectivity index (χ1n) is 17.6. The van der Waals surface area contributed by atoms with Crippen molar-refractivity contribution in [3.05, 3.63) is 211 Å². The van der Waals surface area contributed by atoms with E-state index in [1.54, 1.807) is 0 Å². The molecule has 0 saturated carbocycles. The van der Waals surface area contributed by atoms with Crippen molar-refractivity contribution in [2.75, 3.05) is 0 Å². The Labute approximate surface area is 301 Å². The average molecular weight is 654 g/mol. The standard InChI is InChI=1S/C50H39N/c1-50(2,47-23-7-4-8-24-47)48-28-25-37(26-29-48)39-16-10-21-44(32-39)46-27-30-49(51-35-46)45-22-12-20-43(34-45)42-19-11-18-41(33-42)40-17-9-15-38(31-40)36-13-5-3-6-14-36/h3-35H,1-2H3. The van der Waals surface area contributed by atoms with Gasteiger partial charge in [-0.3, -0.25) is 4.98 Å². The van der Waals surface area contributed by atoms with Gasteiger partial charge in [0.15, 0.2) is 0 Å². The van der Waals surface area contributed by atoms with Crippen molar-refractivity contribution in [3.8, 4) is 66.9 Å². The highest BCUT2D eigenvalue weighted by Gasteiger charge is 2.22. The third-order valence-corrected chi connectivity index (χ3v) is 10.1. The van der Waals surface area contributed by atoms with Crippen molar-refractivity contribution >= 4 is 0 Å². The predicted molar refractivity (Wildman–Crippen MR) is 215 cm³/mol. The minimum absolute atomic E-state index is 0.0615. The molecule has 0 amide bonds. The van der Waals surface area contributed by atoms with Crippen LogP contribution in [-0.4, -0.2) is 4.98 Å². The van der Waals surface area contributed by atoms with E-state index in [1.165, 1.54) is 55.6 Å². The number of benzene rings is 7. The van der Waals surface area contributed by atoms with Crippen LogP contribution >= 0.6 is 0 Å². The lowest BCUT2D eigenvalue weighted by Crippen LogP contribution is -2.18. The van der Waals surface area contributed by atoms with Crippen molar-refractivity contribution in [2.24, 2.45) is 0 Å². The Morgan fingerprint density at radius 2 is 0.647 bits per heavy atom. The summed E-state index contributed by atoms with van der Waals surface area (Å²) in [6.07, 6.45) is 1.99. The largest absolute Gasteiger partial charge is 0.256 e. The molecule has 0 spiro atoms. The van der Waals surface area contributed by atoms with Gasteiger partial charge in [0.1, 0.15) is 0 Å². The van der Waals surface area contributed by atoms with E-state index >= 15 is 0 Å². The number of hydrogen-bond donors (Lipinski definition) is 0. The lowest BCUT2D eigenvalue weighted by molar-refractivity contribution is 0.641. The first-order valence-corrected chi connectivity index (χ1v) is 17.6. The van der Waals surface area contributed by atoms with E-state index in [2.05, 4.69) is 208 Å². The molecule has 51 heavy (non-hydrogen) atoms. The van der Waals surface area contributed by atoms with Gasteiger partial charge in [0, 0.05) is 22.7 Å². The van der Waals surface area contributed by atoms with Gasteiger partial charge >= 0.3 is 0 Å². The van der Waals surface area contributed by atoms with Crippen LogP contribution in [0.5, 0.6) is 0 Å². The fourth-order valence-corrected chi connectivity index (χ4v) is 6.96. The Morgan fingerprint density at radius 1 is 0.294 bits per heavy atom. The third kappa shape index (κ3) is 6.80. The molecule has 8 rings (SSSR count). The minimum Gasteiger partial charge on any atom is -0.256 e. The second-order valence-electron chi connectivity index (χ2n) is 13.7. The van der Waals surface area contributed by atoms with Crippen LogP contribution in [0.15, 0.2) is 200 Å². The number of rotatable bonds is 8. The van der Waals surface area contributed by atoms with Crippen LogP contribution in [0.3, 0.4) is 0 Å². The Hall–Kier alpha value is -6.31. The highest BCUT2D eigenvalue weighted by atomic mass is 14.7. The van der Waals surface area contributed by atoms with E-state index in [1.807, 2.05) is 6.20 Å². The maximum atomic E-state index is 4.93. The summed E-state index contributed by atoms with van der Waals surface area (Å²) in [5, 5.41) is 0. The summed E-state index contributed by atoms with van der Waals surface area (Å²) in [4.78, 5) is 4.93. The fourth-order valence-electron chi connectivity index (χ4n) is 6.96. The van der Waals surface area contributed by atoms with Gasteiger partial charge < -0.3 is 0 Å². The van der Waals surface area contributed by atoms with Crippen LogP contribution in [0.4, 0.5) is 0 Å². The van der Waals surface area contributed by atoms with Gasteiger partial charge in [-0.05, 0) is 91.5 Å².